The highest BCUT2D eigenvalue weighted by molar-refractivity contribution is 5.94. The molecule has 0 radical (unpaired) electrons. The molecular formula is C25H30N6O2. The molecule has 0 saturated carbocycles. The van der Waals surface area contributed by atoms with Crippen LogP contribution >= 0.6 is 0 Å². The van der Waals surface area contributed by atoms with E-state index in [4.69, 9.17) is 4.98 Å². The second-order valence-electron chi connectivity index (χ2n) is 8.64. The Morgan fingerprint density at radius 3 is 2.70 bits per heavy atom. The van der Waals surface area contributed by atoms with Gasteiger partial charge in [-0.15, -0.1) is 0 Å². The number of hydrogen-bond donors (Lipinski definition) is 1. The highest BCUT2D eigenvalue weighted by Crippen LogP contribution is 2.36. The maximum atomic E-state index is 13.7. The minimum atomic E-state index is -0.335. The number of nitrogens with one attached hydrogen (secondary N) is 1. The molecule has 3 aromatic heterocycles. The van der Waals surface area contributed by atoms with Gasteiger partial charge in [0.1, 0.15) is 5.56 Å². The topological polar surface area (TPSA) is 95.1 Å². The van der Waals surface area contributed by atoms with Gasteiger partial charge in [0.25, 0.3) is 11.5 Å². The highest BCUT2D eigenvalue weighted by atomic mass is 16.2. The third-order valence-corrected chi connectivity index (χ3v) is 6.21. The summed E-state index contributed by atoms with van der Waals surface area (Å²) in [4.78, 5) is 46.5. The molecule has 3 aromatic rings. The van der Waals surface area contributed by atoms with Crippen LogP contribution in [-0.2, 0) is 6.42 Å². The largest absolute Gasteiger partial charge is 0.347 e. The molecule has 1 fully saturated rings. The number of carbonyl (C=O) groups excluding carboxylic acids is 1. The fraction of sp³-hybridized carbons (Fsp3) is 0.400. The minimum Gasteiger partial charge on any atom is -0.347 e. The first-order chi connectivity index (χ1) is 15.9. The second-order valence-corrected chi connectivity index (χ2v) is 8.64. The van der Waals surface area contributed by atoms with Crippen LogP contribution in [0.1, 0.15) is 59.5 Å². The number of aromatic amines is 1. The van der Waals surface area contributed by atoms with Crippen molar-refractivity contribution in [2.45, 2.75) is 45.6 Å². The third-order valence-electron chi connectivity index (χ3n) is 6.21. The highest BCUT2D eigenvalue weighted by Gasteiger charge is 2.33. The number of aromatic nitrogens is 4. The number of piperidine rings is 1. The lowest BCUT2D eigenvalue weighted by atomic mass is 9.93. The summed E-state index contributed by atoms with van der Waals surface area (Å²) in [5.74, 6) is 0.333. The van der Waals surface area contributed by atoms with Crippen molar-refractivity contribution in [3.63, 3.8) is 0 Å². The number of rotatable bonds is 5. The summed E-state index contributed by atoms with van der Waals surface area (Å²) >= 11 is 0. The van der Waals surface area contributed by atoms with Crippen LogP contribution in [0.15, 0.2) is 41.6 Å². The number of nitrogens with zero attached hydrogens (tertiary/aromatic N) is 5. The standard InChI is InChI=1S/C25H30N6O2/c1-5-20-16(2)14-18(23(32)28-20)24(33)31-13-7-6-8-21(31)22-19(17-9-11-26-12-10-17)15-27-25(29-22)30(3)4/h9-12,14-15,21H,5-8,13H2,1-4H3,(H,28,32)/t21-/m1/s1. The molecule has 1 atom stereocenters. The molecule has 1 saturated heterocycles. The Hall–Kier alpha value is -3.55. The van der Waals surface area contributed by atoms with Crippen LogP contribution in [0.25, 0.3) is 11.1 Å². The van der Waals surface area contributed by atoms with Crippen LogP contribution in [0.2, 0.25) is 0 Å². The Morgan fingerprint density at radius 2 is 2.00 bits per heavy atom. The van der Waals surface area contributed by atoms with Gasteiger partial charge in [0.2, 0.25) is 5.95 Å². The summed E-state index contributed by atoms with van der Waals surface area (Å²) in [5.41, 5.74) is 4.25. The molecule has 0 bridgehead atoms. The summed E-state index contributed by atoms with van der Waals surface area (Å²) in [6.07, 6.45) is 8.65. The molecule has 1 amide bonds. The lowest BCUT2D eigenvalue weighted by molar-refractivity contribution is 0.0604. The van der Waals surface area contributed by atoms with Gasteiger partial charge in [-0.2, -0.15) is 0 Å². The molecule has 4 heterocycles. The van der Waals surface area contributed by atoms with Gasteiger partial charge in [-0.05, 0) is 61.9 Å². The van der Waals surface area contributed by atoms with E-state index >= 15 is 0 Å². The van der Waals surface area contributed by atoms with E-state index < -0.39 is 0 Å². The van der Waals surface area contributed by atoms with E-state index in [1.54, 1.807) is 18.5 Å². The van der Waals surface area contributed by atoms with E-state index in [1.165, 1.54) is 0 Å². The Balaban J connectivity index is 1.81. The van der Waals surface area contributed by atoms with Gasteiger partial charge in [-0.3, -0.25) is 14.6 Å². The van der Waals surface area contributed by atoms with Crippen molar-refractivity contribution < 1.29 is 4.79 Å². The number of H-pyrrole nitrogens is 1. The SMILES string of the molecule is CCc1[nH]c(=O)c(C(=O)N2CCCC[C@@H]2c2nc(N(C)C)ncc2-c2ccncc2)cc1C. The van der Waals surface area contributed by atoms with E-state index in [2.05, 4.69) is 15.0 Å². The molecule has 0 unspecified atom stereocenters. The molecule has 33 heavy (non-hydrogen) atoms. The summed E-state index contributed by atoms with van der Waals surface area (Å²) < 4.78 is 0. The van der Waals surface area contributed by atoms with Crippen LogP contribution < -0.4 is 10.5 Å². The van der Waals surface area contributed by atoms with E-state index in [0.29, 0.717) is 18.9 Å². The Bertz CT molecular complexity index is 1210. The van der Waals surface area contributed by atoms with Gasteiger partial charge in [0.15, 0.2) is 0 Å². The van der Waals surface area contributed by atoms with Crippen LogP contribution in [0.3, 0.4) is 0 Å². The van der Waals surface area contributed by atoms with Crippen LogP contribution in [0, 0.1) is 6.92 Å². The number of likely N-dealkylation sites (tertiary alicyclic amines) is 1. The Labute approximate surface area is 193 Å². The number of anilines is 1. The van der Waals surface area contributed by atoms with Crippen molar-refractivity contribution in [1.82, 2.24) is 24.8 Å². The molecule has 8 nitrogen and oxygen atoms in total. The molecule has 0 aliphatic carbocycles. The number of pyridine rings is 2. The molecule has 0 aromatic carbocycles. The van der Waals surface area contributed by atoms with Crippen LogP contribution in [-0.4, -0.2) is 51.4 Å². The molecular weight excluding hydrogens is 416 g/mol. The number of amides is 1. The molecule has 8 heteroatoms. The number of aryl methyl sites for hydroxylation is 2. The first-order valence-electron chi connectivity index (χ1n) is 11.4. The molecule has 1 N–H and O–H groups in total. The van der Waals surface area contributed by atoms with Gasteiger partial charge in [0.05, 0.1) is 11.7 Å². The number of hydrogen-bond acceptors (Lipinski definition) is 6. The molecule has 172 valence electrons. The van der Waals surface area contributed by atoms with Crippen molar-refractivity contribution in [3.05, 3.63) is 69.7 Å². The molecule has 4 rings (SSSR count). The van der Waals surface area contributed by atoms with Crippen molar-refractivity contribution in [1.29, 1.82) is 0 Å². The Morgan fingerprint density at radius 1 is 1.24 bits per heavy atom. The second kappa shape index (κ2) is 9.52. The van der Waals surface area contributed by atoms with Crippen LogP contribution in [0.4, 0.5) is 5.95 Å². The molecule has 1 aliphatic rings. The van der Waals surface area contributed by atoms with E-state index in [1.807, 2.05) is 56.1 Å². The monoisotopic (exact) mass is 446 g/mol. The first kappa shape index (κ1) is 22.6. The van der Waals surface area contributed by atoms with Crippen molar-refractivity contribution >= 4 is 11.9 Å². The van der Waals surface area contributed by atoms with Crippen molar-refractivity contribution in [2.75, 3.05) is 25.5 Å². The predicted octanol–water partition coefficient (Wildman–Crippen LogP) is 3.53. The third kappa shape index (κ3) is 4.51. The van der Waals surface area contributed by atoms with Gasteiger partial charge >= 0.3 is 0 Å². The lowest BCUT2D eigenvalue weighted by Gasteiger charge is -2.36. The maximum absolute atomic E-state index is 13.7. The molecule has 0 spiro atoms. The first-order valence-corrected chi connectivity index (χ1v) is 11.4. The average Bonchev–Trinajstić information content (AvgIpc) is 2.84. The van der Waals surface area contributed by atoms with E-state index in [9.17, 15) is 9.59 Å². The zero-order valence-electron chi connectivity index (χ0n) is 19.6. The Kier molecular flexibility index (Phi) is 6.53. The smallest absolute Gasteiger partial charge is 0.261 e. The van der Waals surface area contributed by atoms with E-state index in [0.717, 1.165) is 47.3 Å². The zero-order chi connectivity index (χ0) is 23.5. The predicted molar refractivity (Wildman–Crippen MR) is 128 cm³/mol. The van der Waals surface area contributed by atoms with Gasteiger partial charge in [-0.1, -0.05) is 6.92 Å². The van der Waals surface area contributed by atoms with Crippen molar-refractivity contribution in [2.24, 2.45) is 0 Å². The summed E-state index contributed by atoms with van der Waals surface area (Å²) in [6.45, 7) is 4.49. The zero-order valence-corrected chi connectivity index (χ0v) is 19.6. The van der Waals surface area contributed by atoms with Crippen LogP contribution in [0.5, 0.6) is 0 Å². The lowest BCUT2D eigenvalue weighted by Crippen LogP contribution is -2.41. The normalized spacial score (nSPS) is 16.0. The summed E-state index contributed by atoms with van der Waals surface area (Å²) in [5, 5.41) is 0. The summed E-state index contributed by atoms with van der Waals surface area (Å²) in [7, 11) is 3.79. The summed E-state index contributed by atoms with van der Waals surface area (Å²) in [6, 6.07) is 5.32. The fourth-order valence-corrected chi connectivity index (χ4v) is 4.42. The van der Waals surface area contributed by atoms with E-state index in [-0.39, 0.29) is 23.1 Å². The minimum absolute atomic E-state index is 0.184. The number of carbonyl (C=O) groups is 1. The van der Waals surface area contributed by atoms with Gasteiger partial charge in [-0.25, -0.2) is 9.97 Å². The quantitative estimate of drug-likeness (QED) is 0.644. The van der Waals surface area contributed by atoms with Gasteiger partial charge in [0, 0.05) is 50.5 Å². The average molecular weight is 447 g/mol. The fourth-order valence-electron chi connectivity index (χ4n) is 4.42. The molecule has 1 aliphatic heterocycles. The van der Waals surface area contributed by atoms with Crippen molar-refractivity contribution in [3.8, 4) is 11.1 Å². The van der Waals surface area contributed by atoms with Gasteiger partial charge < -0.3 is 14.8 Å². The maximum Gasteiger partial charge on any atom is 0.261 e.